The van der Waals surface area contributed by atoms with Crippen molar-refractivity contribution in [2.45, 2.75) is 4.90 Å². The van der Waals surface area contributed by atoms with Crippen LogP contribution in [0.5, 0.6) is 0 Å². The Labute approximate surface area is 124 Å². The quantitative estimate of drug-likeness (QED) is 0.822. The van der Waals surface area contributed by atoms with Crippen molar-refractivity contribution in [3.63, 3.8) is 0 Å². The number of nitrogens with zero attached hydrogens (tertiary/aromatic N) is 1. The third kappa shape index (κ3) is 3.54. The average molecular weight is 370 g/mol. The maximum Gasteiger partial charge on any atom is 0.338 e. The molecule has 6 nitrogen and oxygen atoms in total. The lowest BCUT2D eigenvalue weighted by molar-refractivity contribution is 0.0691. The Balaban J connectivity index is 3.35. The SMILES string of the molecule is COCCN(C)S(=O)(=O)c1cc(Br)cc(C(=O)O)c1F. The summed E-state index contributed by atoms with van der Waals surface area (Å²) in [5.41, 5.74) is -0.710. The van der Waals surface area contributed by atoms with Crippen LogP contribution in [0, 0.1) is 5.82 Å². The number of ether oxygens (including phenoxy) is 1. The Bertz CT molecular complexity index is 619. The van der Waals surface area contributed by atoms with Gasteiger partial charge in [-0.2, -0.15) is 4.31 Å². The first-order valence-corrected chi connectivity index (χ1v) is 7.62. The molecule has 20 heavy (non-hydrogen) atoms. The highest BCUT2D eigenvalue weighted by Gasteiger charge is 2.28. The lowest BCUT2D eigenvalue weighted by atomic mass is 10.2. The number of hydrogen-bond acceptors (Lipinski definition) is 4. The van der Waals surface area contributed by atoms with Crippen molar-refractivity contribution in [3.05, 3.63) is 28.0 Å². The summed E-state index contributed by atoms with van der Waals surface area (Å²) >= 11 is 2.97. The molecule has 112 valence electrons. The van der Waals surface area contributed by atoms with Gasteiger partial charge in [-0.15, -0.1) is 0 Å². The van der Waals surface area contributed by atoms with Crippen LogP contribution in [0.2, 0.25) is 0 Å². The normalized spacial score (nSPS) is 11.8. The third-order valence-corrected chi connectivity index (χ3v) is 4.85. The third-order valence-electron chi connectivity index (χ3n) is 2.53. The van der Waals surface area contributed by atoms with Gasteiger partial charge in [-0.1, -0.05) is 15.9 Å². The predicted molar refractivity (Wildman–Crippen MR) is 72.8 cm³/mol. The molecule has 0 saturated carbocycles. The molecule has 0 amide bonds. The van der Waals surface area contributed by atoms with Crippen LogP contribution < -0.4 is 0 Å². The van der Waals surface area contributed by atoms with E-state index in [1.165, 1.54) is 14.2 Å². The molecular weight excluding hydrogens is 357 g/mol. The number of carboxylic acid groups (broad SMARTS) is 1. The first-order chi connectivity index (χ1) is 9.21. The topological polar surface area (TPSA) is 83.9 Å². The lowest BCUT2D eigenvalue weighted by Gasteiger charge is -2.17. The molecule has 1 aromatic carbocycles. The number of carboxylic acids is 1. The van der Waals surface area contributed by atoms with Gasteiger partial charge < -0.3 is 9.84 Å². The molecule has 0 unspecified atom stereocenters. The number of likely N-dealkylation sites (N-methyl/N-ethyl adjacent to an activating group) is 1. The van der Waals surface area contributed by atoms with Gasteiger partial charge >= 0.3 is 5.97 Å². The summed E-state index contributed by atoms with van der Waals surface area (Å²) in [6, 6.07) is 2.03. The lowest BCUT2D eigenvalue weighted by Crippen LogP contribution is -2.31. The van der Waals surface area contributed by atoms with Gasteiger partial charge in [-0.05, 0) is 12.1 Å². The second-order valence-corrected chi connectivity index (χ2v) is 6.82. The molecule has 1 aromatic rings. The molecule has 0 saturated heterocycles. The minimum atomic E-state index is -4.14. The van der Waals surface area contributed by atoms with Crippen molar-refractivity contribution in [3.8, 4) is 0 Å². The van der Waals surface area contributed by atoms with Crippen LogP contribution in [0.3, 0.4) is 0 Å². The van der Waals surface area contributed by atoms with Gasteiger partial charge in [-0.3, -0.25) is 0 Å². The van der Waals surface area contributed by atoms with Gasteiger partial charge in [0.05, 0.1) is 12.2 Å². The Morgan fingerprint density at radius 2 is 2.10 bits per heavy atom. The van der Waals surface area contributed by atoms with Crippen LogP contribution in [0.15, 0.2) is 21.5 Å². The second kappa shape index (κ2) is 6.61. The van der Waals surface area contributed by atoms with Crippen molar-refractivity contribution in [2.24, 2.45) is 0 Å². The molecule has 0 radical (unpaired) electrons. The maximum atomic E-state index is 14.0. The Hall–Kier alpha value is -1.03. The summed E-state index contributed by atoms with van der Waals surface area (Å²) < 4.78 is 44.3. The highest BCUT2D eigenvalue weighted by atomic mass is 79.9. The van der Waals surface area contributed by atoms with E-state index in [1.54, 1.807) is 0 Å². The van der Waals surface area contributed by atoms with Crippen molar-refractivity contribution < 1.29 is 27.4 Å². The first kappa shape index (κ1) is 17.0. The fraction of sp³-hybridized carbons (Fsp3) is 0.364. The van der Waals surface area contributed by atoms with E-state index in [9.17, 15) is 17.6 Å². The van der Waals surface area contributed by atoms with E-state index < -0.39 is 32.3 Å². The molecule has 0 aliphatic rings. The van der Waals surface area contributed by atoms with Crippen LogP contribution in [0.4, 0.5) is 4.39 Å². The van der Waals surface area contributed by atoms with Crippen LogP contribution in [-0.4, -0.2) is 51.1 Å². The molecule has 0 bridgehead atoms. The van der Waals surface area contributed by atoms with Gasteiger partial charge in [-0.25, -0.2) is 17.6 Å². The fourth-order valence-corrected chi connectivity index (χ4v) is 3.29. The first-order valence-electron chi connectivity index (χ1n) is 5.39. The number of halogens is 2. The zero-order valence-corrected chi connectivity index (χ0v) is 13.2. The molecule has 9 heteroatoms. The van der Waals surface area contributed by atoms with Gasteiger partial charge in [0.2, 0.25) is 10.0 Å². The molecule has 0 fully saturated rings. The Kier molecular flexibility index (Phi) is 5.63. The monoisotopic (exact) mass is 369 g/mol. The zero-order valence-electron chi connectivity index (χ0n) is 10.8. The molecule has 0 spiro atoms. The van der Waals surface area contributed by atoms with Crippen LogP contribution in [-0.2, 0) is 14.8 Å². The molecule has 0 heterocycles. The minimum absolute atomic E-state index is 0.0210. The average Bonchev–Trinajstić information content (AvgIpc) is 2.37. The number of sulfonamides is 1. The van der Waals surface area contributed by atoms with Crippen molar-refractivity contribution in [1.82, 2.24) is 4.31 Å². The van der Waals surface area contributed by atoms with Crippen molar-refractivity contribution >= 4 is 31.9 Å². The summed E-state index contributed by atoms with van der Waals surface area (Å²) in [5.74, 6) is -2.83. The van der Waals surface area contributed by atoms with Gasteiger partial charge in [0.15, 0.2) is 5.82 Å². The predicted octanol–water partition coefficient (Wildman–Crippen LogP) is 1.55. The van der Waals surface area contributed by atoms with Gasteiger partial charge in [0.25, 0.3) is 0 Å². The maximum absolute atomic E-state index is 14.0. The molecule has 0 aliphatic heterocycles. The number of rotatable bonds is 6. The number of aromatic carboxylic acids is 1. The van der Waals surface area contributed by atoms with E-state index in [1.807, 2.05) is 0 Å². The fourth-order valence-electron chi connectivity index (χ4n) is 1.42. The summed E-state index contributed by atoms with van der Waals surface area (Å²) in [7, 11) is -1.47. The highest BCUT2D eigenvalue weighted by Crippen LogP contribution is 2.26. The summed E-state index contributed by atoms with van der Waals surface area (Å²) in [5, 5.41) is 8.87. The smallest absolute Gasteiger partial charge is 0.338 e. The van der Waals surface area contributed by atoms with E-state index >= 15 is 0 Å². The van der Waals surface area contributed by atoms with Gasteiger partial charge in [0, 0.05) is 25.2 Å². The molecule has 1 rings (SSSR count). The summed E-state index contributed by atoms with van der Waals surface area (Å²) in [4.78, 5) is 10.2. The zero-order chi connectivity index (χ0) is 15.5. The van der Waals surface area contributed by atoms with E-state index in [0.717, 1.165) is 16.4 Å². The summed E-state index contributed by atoms with van der Waals surface area (Å²) in [6.45, 7) is 0.157. The largest absolute Gasteiger partial charge is 0.478 e. The molecule has 0 aromatic heterocycles. The molecule has 1 N–H and O–H groups in total. The minimum Gasteiger partial charge on any atom is -0.478 e. The van der Waals surface area contributed by atoms with Gasteiger partial charge in [0.1, 0.15) is 4.90 Å². The number of carbonyl (C=O) groups is 1. The summed E-state index contributed by atoms with van der Waals surface area (Å²) in [6.07, 6.45) is 0. The van der Waals surface area contributed by atoms with Crippen LogP contribution in [0.25, 0.3) is 0 Å². The second-order valence-electron chi connectivity index (χ2n) is 3.89. The Morgan fingerprint density at radius 3 is 2.60 bits per heavy atom. The van der Waals surface area contributed by atoms with E-state index in [-0.39, 0.29) is 17.6 Å². The number of hydrogen-bond donors (Lipinski definition) is 1. The molecule has 0 atom stereocenters. The Morgan fingerprint density at radius 1 is 1.50 bits per heavy atom. The van der Waals surface area contributed by atoms with Crippen molar-refractivity contribution in [2.75, 3.05) is 27.3 Å². The van der Waals surface area contributed by atoms with Crippen LogP contribution in [0.1, 0.15) is 10.4 Å². The standard InChI is InChI=1S/C11H13BrFNO5S/c1-14(3-4-19-2)20(17,18)9-6-7(12)5-8(10(9)13)11(15)16/h5-6H,3-4H2,1-2H3,(H,15,16). The molecular formula is C11H13BrFNO5S. The van der Waals surface area contributed by atoms with Crippen LogP contribution >= 0.6 is 15.9 Å². The van der Waals surface area contributed by atoms with E-state index in [4.69, 9.17) is 9.84 Å². The highest BCUT2D eigenvalue weighted by molar-refractivity contribution is 9.10. The number of methoxy groups -OCH3 is 1. The van der Waals surface area contributed by atoms with Crippen molar-refractivity contribution in [1.29, 1.82) is 0 Å². The number of benzene rings is 1. The molecule has 0 aliphatic carbocycles. The van der Waals surface area contributed by atoms with E-state index in [0.29, 0.717) is 0 Å². The van der Waals surface area contributed by atoms with E-state index in [2.05, 4.69) is 15.9 Å².